The van der Waals surface area contributed by atoms with Gasteiger partial charge in [-0.1, -0.05) is 12.1 Å². The van der Waals surface area contributed by atoms with E-state index in [4.69, 9.17) is 9.88 Å². The van der Waals surface area contributed by atoms with E-state index in [-0.39, 0.29) is 4.90 Å². The maximum absolute atomic E-state index is 11.4. The van der Waals surface area contributed by atoms with Crippen LogP contribution < -0.4 is 9.88 Å². The Hall–Kier alpha value is -2.57. The lowest BCUT2D eigenvalue weighted by molar-refractivity contribution is 0.412. The molecule has 0 saturated heterocycles. The lowest BCUT2D eigenvalue weighted by Crippen LogP contribution is -2.11. The first-order valence-electron chi connectivity index (χ1n) is 7.77. The van der Waals surface area contributed by atoms with Crippen molar-refractivity contribution in [3.8, 4) is 28.1 Å². The summed E-state index contributed by atoms with van der Waals surface area (Å²) in [4.78, 5) is 3.42. The zero-order chi connectivity index (χ0) is 18.2. The van der Waals surface area contributed by atoms with Crippen molar-refractivity contribution in [3.05, 3.63) is 59.8 Å². The van der Waals surface area contributed by atoms with Gasteiger partial charge in [0.15, 0.2) is 0 Å². The molecular formula is C19H20N2O3S. The Morgan fingerprint density at radius 3 is 2.16 bits per heavy atom. The van der Waals surface area contributed by atoms with Gasteiger partial charge in [0.25, 0.3) is 0 Å². The summed E-state index contributed by atoms with van der Waals surface area (Å²) in [6, 6.07) is 12.6. The Morgan fingerprint density at radius 2 is 1.60 bits per heavy atom. The van der Waals surface area contributed by atoms with Gasteiger partial charge in [-0.3, -0.25) is 0 Å². The first-order valence-corrected chi connectivity index (χ1v) is 9.32. The molecule has 0 saturated carbocycles. The molecule has 0 amide bonds. The summed E-state index contributed by atoms with van der Waals surface area (Å²) in [6.45, 7) is 4.01. The lowest BCUT2D eigenvalue weighted by atomic mass is 9.97. The highest BCUT2D eigenvalue weighted by atomic mass is 32.2. The summed E-state index contributed by atoms with van der Waals surface area (Å²) in [5, 5.41) is 5.17. The topological polar surface area (TPSA) is 85.2 Å². The molecule has 1 aromatic heterocycles. The van der Waals surface area contributed by atoms with Crippen molar-refractivity contribution in [2.24, 2.45) is 5.14 Å². The molecule has 1 heterocycles. The predicted octanol–water partition coefficient (Wildman–Crippen LogP) is 3.62. The second kappa shape index (κ2) is 6.38. The number of aryl methyl sites for hydroxylation is 2. The molecule has 0 aliphatic carbocycles. The van der Waals surface area contributed by atoms with E-state index in [1.54, 1.807) is 19.2 Å². The number of hydrogen-bond donors (Lipinski definition) is 2. The fourth-order valence-corrected chi connectivity index (χ4v) is 3.48. The molecule has 0 radical (unpaired) electrons. The highest BCUT2D eigenvalue weighted by Gasteiger charge is 2.15. The third kappa shape index (κ3) is 3.31. The van der Waals surface area contributed by atoms with E-state index in [2.05, 4.69) is 11.1 Å². The van der Waals surface area contributed by atoms with Gasteiger partial charge in [0, 0.05) is 11.8 Å². The molecule has 0 spiro atoms. The minimum absolute atomic E-state index is 0.103. The molecule has 130 valence electrons. The number of H-pyrrole nitrogens is 1. The molecule has 6 heteroatoms. The molecule has 0 bridgehead atoms. The summed E-state index contributed by atoms with van der Waals surface area (Å²) in [6.07, 6.45) is 1.94. The van der Waals surface area contributed by atoms with Gasteiger partial charge in [-0.05, 0) is 66.4 Å². The largest absolute Gasteiger partial charge is 0.496 e. The fourth-order valence-electron chi connectivity index (χ4n) is 2.97. The van der Waals surface area contributed by atoms with Crippen LogP contribution in [0.1, 0.15) is 11.1 Å². The minimum Gasteiger partial charge on any atom is -0.496 e. The average Bonchev–Trinajstić information content (AvgIpc) is 2.95. The predicted molar refractivity (Wildman–Crippen MR) is 99.1 cm³/mol. The highest BCUT2D eigenvalue weighted by molar-refractivity contribution is 7.89. The normalized spacial score (nSPS) is 11.5. The van der Waals surface area contributed by atoms with E-state index in [0.717, 1.165) is 39.3 Å². The van der Waals surface area contributed by atoms with Crippen LogP contribution in [0.4, 0.5) is 0 Å². The molecular weight excluding hydrogens is 336 g/mol. The number of sulfonamides is 1. The average molecular weight is 356 g/mol. The third-order valence-corrected chi connectivity index (χ3v) is 5.16. The number of benzene rings is 2. The van der Waals surface area contributed by atoms with Gasteiger partial charge < -0.3 is 9.72 Å². The van der Waals surface area contributed by atoms with Crippen LogP contribution in [0.5, 0.6) is 5.75 Å². The molecule has 5 nitrogen and oxygen atoms in total. The summed E-state index contributed by atoms with van der Waals surface area (Å²) < 4.78 is 28.2. The number of nitrogens with one attached hydrogen (secondary N) is 1. The van der Waals surface area contributed by atoms with Crippen LogP contribution in [-0.4, -0.2) is 20.5 Å². The van der Waals surface area contributed by atoms with Crippen LogP contribution >= 0.6 is 0 Å². The first-order chi connectivity index (χ1) is 11.8. The lowest BCUT2D eigenvalue weighted by Gasteiger charge is -2.10. The van der Waals surface area contributed by atoms with Gasteiger partial charge in [0.05, 0.1) is 17.7 Å². The van der Waals surface area contributed by atoms with Crippen LogP contribution in [0.15, 0.2) is 53.6 Å². The van der Waals surface area contributed by atoms with Crippen LogP contribution in [0, 0.1) is 13.8 Å². The van der Waals surface area contributed by atoms with Gasteiger partial charge in [-0.2, -0.15) is 0 Å². The van der Waals surface area contributed by atoms with Crippen LogP contribution in [0.25, 0.3) is 22.4 Å². The number of methoxy groups -OCH3 is 1. The van der Waals surface area contributed by atoms with Crippen LogP contribution in [-0.2, 0) is 10.0 Å². The molecule has 2 aromatic carbocycles. The Kier molecular flexibility index (Phi) is 4.41. The van der Waals surface area contributed by atoms with Crippen molar-refractivity contribution in [3.63, 3.8) is 0 Å². The summed E-state index contributed by atoms with van der Waals surface area (Å²) in [5.41, 5.74) is 6.10. The molecule has 0 unspecified atom stereocenters. The van der Waals surface area contributed by atoms with Crippen LogP contribution in [0.3, 0.4) is 0 Å². The molecule has 3 aromatic rings. The second-order valence-electron chi connectivity index (χ2n) is 5.98. The smallest absolute Gasteiger partial charge is 0.238 e. The van der Waals surface area contributed by atoms with Crippen molar-refractivity contribution in [2.45, 2.75) is 18.7 Å². The maximum atomic E-state index is 11.4. The Morgan fingerprint density at radius 1 is 0.960 bits per heavy atom. The first kappa shape index (κ1) is 17.3. The Balaban J connectivity index is 2.10. The van der Waals surface area contributed by atoms with Gasteiger partial charge in [-0.25, -0.2) is 13.6 Å². The van der Waals surface area contributed by atoms with E-state index in [9.17, 15) is 8.42 Å². The zero-order valence-corrected chi connectivity index (χ0v) is 15.1. The molecule has 25 heavy (non-hydrogen) atoms. The SMILES string of the molecule is COc1ccc(-c2[nH]cc(C)c2-c2ccc(S(N)(=O)=O)cc2)cc1C. The van der Waals surface area contributed by atoms with Gasteiger partial charge in [0.2, 0.25) is 10.0 Å². The second-order valence-corrected chi connectivity index (χ2v) is 7.54. The number of hydrogen-bond acceptors (Lipinski definition) is 3. The minimum atomic E-state index is -3.70. The number of primary sulfonamides is 1. The number of aromatic nitrogens is 1. The number of nitrogens with two attached hydrogens (primary N) is 1. The quantitative estimate of drug-likeness (QED) is 0.749. The molecule has 3 N–H and O–H groups in total. The van der Waals surface area contributed by atoms with E-state index < -0.39 is 10.0 Å². The highest BCUT2D eigenvalue weighted by Crippen LogP contribution is 2.36. The van der Waals surface area contributed by atoms with Gasteiger partial charge >= 0.3 is 0 Å². The Bertz CT molecular complexity index is 1020. The number of aromatic amines is 1. The van der Waals surface area contributed by atoms with E-state index in [0.29, 0.717) is 0 Å². The number of rotatable bonds is 4. The molecule has 0 aliphatic heterocycles. The van der Waals surface area contributed by atoms with Crippen LogP contribution in [0.2, 0.25) is 0 Å². The molecule has 0 fully saturated rings. The van der Waals surface area contributed by atoms with E-state index >= 15 is 0 Å². The van der Waals surface area contributed by atoms with Crippen molar-refractivity contribution < 1.29 is 13.2 Å². The molecule has 0 aliphatic rings. The third-order valence-electron chi connectivity index (χ3n) is 4.23. The van der Waals surface area contributed by atoms with Gasteiger partial charge in [0.1, 0.15) is 5.75 Å². The monoisotopic (exact) mass is 356 g/mol. The van der Waals surface area contributed by atoms with E-state index in [1.165, 1.54) is 12.1 Å². The zero-order valence-electron chi connectivity index (χ0n) is 14.3. The fraction of sp³-hybridized carbons (Fsp3) is 0.158. The summed E-state index contributed by atoms with van der Waals surface area (Å²) in [5.74, 6) is 0.839. The maximum Gasteiger partial charge on any atom is 0.238 e. The van der Waals surface area contributed by atoms with Crippen molar-refractivity contribution in [2.75, 3.05) is 7.11 Å². The van der Waals surface area contributed by atoms with E-state index in [1.807, 2.05) is 32.2 Å². The van der Waals surface area contributed by atoms with Crippen molar-refractivity contribution in [1.82, 2.24) is 4.98 Å². The van der Waals surface area contributed by atoms with Gasteiger partial charge in [-0.15, -0.1) is 0 Å². The summed E-state index contributed by atoms with van der Waals surface area (Å²) >= 11 is 0. The molecule has 3 rings (SSSR count). The van der Waals surface area contributed by atoms with Crippen molar-refractivity contribution >= 4 is 10.0 Å². The summed E-state index contributed by atoms with van der Waals surface area (Å²) in [7, 11) is -2.04. The number of ether oxygens (including phenoxy) is 1. The molecule has 0 atom stereocenters. The Labute approximate surface area is 147 Å². The van der Waals surface area contributed by atoms with Crippen molar-refractivity contribution in [1.29, 1.82) is 0 Å². The standard InChI is InChI=1S/C19H20N2O3S/c1-12-10-15(6-9-17(12)24-3)19-18(13(2)11-21-19)14-4-7-16(8-5-14)25(20,22)23/h4-11,21H,1-3H3,(H2,20,22,23).